The largest absolute Gasteiger partial charge is 0.407 e. The van der Waals surface area contributed by atoms with Gasteiger partial charge in [0, 0.05) is 22.3 Å². The van der Waals surface area contributed by atoms with Crippen molar-refractivity contribution in [2.45, 2.75) is 6.04 Å². The van der Waals surface area contributed by atoms with E-state index < -0.39 is 0 Å². The van der Waals surface area contributed by atoms with E-state index in [0.29, 0.717) is 0 Å². The molecular formula is C14H9NO2. The summed E-state index contributed by atoms with van der Waals surface area (Å²) in [6.45, 7) is 0. The van der Waals surface area contributed by atoms with Crippen LogP contribution in [0.2, 0.25) is 0 Å². The molecule has 3 nitrogen and oxygen atoms in total. The molecule has 1 heterocycles. The van der Waals surface area contributed by atoms with Gasteiger partial charge in [-0.3, -0.25) is 4.79 Å². The summed E-state index contributed by atoms with van der Waals surface area (Å²) in [4.78, 5) is 17.9. The van der Waals surface area contributed by atoms with Crippen molar-refractivity contribution in [2.24, 2.45) is 0 Å². The van der Waals surface area contributed by atoms with Crippen LogP contribution in [0.5, 0.6) is 0 Å². The molecule has 0 bridgehead atoms. The molecule has 82 valence electrons. The fourth-order valence-corrected chi connectivity index (χ4v) is 2.58. The number of fused-ring (bicyclic) bond motifs is 2. The first kappa shape index (κ1) is 8.96. The number of hydrogen-bond acceptors (Lipinski definition) is 3. The summed E-state index contributed by atoms with van der Waals surface area (Å²) < 4.78 is 0. The first-order valence-corrected chi connectivity index (χ1v) is 5.56. The third-order valence-corrected chi connectivity index (χ3v) is 3.36. The van der Waals surface area contributed by atoms with Gasteiger partial charge in [0.25, 0.3) is 0 Å². The molecular weight excluding hydrogens is 214 g/mol. The van der Waals surface area contributed by atoms with E-state index >= 15 is 0 Å². The molecule has 0 spiro atoms. The summed E-state index contributed by atoms with van der Waals surface area (Å²) in [7, 11) is 0. The normalized spacial score (nSPS) is 24.1. The van der Waals surface area contributed by atoms with E-state index in [9.17, 15) is 4.79 Å². The number of hydrogen-bond donors (Lipinski definition) is 1. The third-order valence-electron chi connectivity index (χ3n) is 3.36. The van der Waals surface area contributed by atoms with E-state index in [1.807, 2.05) is 42.5 Å². The van der Waals surface area contributed by atoms with E-state index in [2.05, 4.69) is 5.48 Å². The average Bonchev–Trinajstić information content (AvgIpc) is 2.81. The second-order valence-electron chi connectivity index (χ2n) is 4.28. The second kappa shape index (κ2) is 2.96. The maximum atomic E-state index is 12.4. The Morgan fingerprint density at radius 1 is 1.18 bits per heavy atom. The number of benzene rings is 1. The van der Waals surface area contributed by atoms with Crippen LogP contribution in [0, 0.1) is 0 Å². The summed E-state index contributed by atoms with van der Waals surface area (Å²) in [5, 5.41) is 0. The minimum Gasteiger partial charge on any atom is -0.407 e. The number of allylic oxidation sites excluding steroid dienone is 2. The van der Waals surface area contributed by atoms with Crippen LogP contribution in [0.25, 0.3) is 5.76 Å². The van der Waals surface area contributed by atoms with Crippen molar-refractivity contribution in [1.29, 1.82) is 0 Å². The molecule has 1 aromatic rings. The number of Topliss-reactive ketones (excluding diaryl/α,β-unsaturated/α-hetero) is 1. The predicted octanol–water partition coefficient (Wildman–Crippen LogP) is 1.99. The summed E-state index contributed by atoms with van der Waals surface area (Å²) in [6.07, 6.45) is 5.75. The lowest BCUT2D eigenvalue weighted by molar-refractivity contribution is 0.103. The Labute approximate surface area is 98.0 Å². The molecule has 0 fully saturated rings. The molecule has 1 unspecified atom stereocenters. The summed E-state index contributed by atoms with van der Waals surface area (Å²) in [6, 6.07) is 7.57. The summed E-state index contributed by atoms with van der Waals surface area (Å²) >= 11 is 0. The summed E-state index contributed by atoms with van der Waals surface area (Å²) in [5.74, 6) is 0.877. The van der Waals surface area contributed by atoms with Crippen LogP contribution in [-0.4, -0.2) is 11.8 Å². The van der Waals surface area contributed by atoms with Crippen LogP contribution in [-0.2, 0) is 4.84 Å². The van der Waals surface area contributed by atoms with Crippen molar-refractivity contribution in [1.82, 2.24) is 5.48 Å². The van der Waals surface area contributed by atoms with Gasteiger partial charge >= 0.3 is 0 Å². The van der Waals surface area contributed by atoms with Crippen molar-refractivity contribution in [3.8, 4) is 0 Å². The first-order chi connectivity index (χ1) is 8.36. The van der Waals surface area contributed by atoms with Crippen LogP contribution < -0.4 is 5.48 Å². The number of ketones is 1. The number of carbonyl (C=O) groups is 1. The Morgan fingerprint density at radius 3 is 2.88 bits per heavy atom. The first-order valence-electron chi connectivity index (χ1n) is 5.56. The van der Waals surface area contributed by atoms with Gasteiger partial charge in [-0.2, -0.15) is 0 Å². The number of rotatable bonds is 0. The molecule has 1 N–H and O–H groups in total. The van der Waals surface area contributed by atoms with Gasteiger partial charge in [-0.05, 0) is 0 Å². The molecule has 4 rings (SSSR count). The predicted molar refractivity (Wildman–Crippen MR) is 62.9 cm³/mol. The Bertz CT molecular complexity index is 637. The Kier molecular flexibility index (Phi) is 1.56. The molecule has 1 aliphatic heterocycles. The fourth-order valence-electron chi connectivity index (χ4n) is 2.58. The Morgan fingerprint density at radius 2 is 2.00 bits per heavy atom. The molecule has 17 heavy (non-hydrogen) atoms. The highest BCUT2D eigenvalue weighted by Crippen LogP contribution is 2.41. The van der Waals surface area contributed by atoms with Crippen molar-refractivity contribution < 1.29 is 9.63 Å². The minimum absolute atomic E-state index is 0.00214. The van der Waals surface area contributed by atoms with Gasteiger partial charge in [0.1, 0.15) is 0 Å². The van der Waals surface area contributed by atoms with E-state index in [1.54, 1.807) is 0 Å². The lowest BCUT2D eigenvalue weighted by atomic mass is 9.81. The van der Waals surface area contributed by atoms with Crippen LogP contribution in [0.1, 0.15) is 15.9 Å². The number of nitrogens with one attached hydrogen (secondary N) is 1. The highest BCUT2D eigenvalue weighted by Gasteiger charge is 2.38. The topological polar surface area (TPSA) is 38.3 Å². The zero-order valence-electron chi connectivity index (χ0n) is 8.94. The van der Waals surface area contributed by atoms with Crippen molar-refractivity contribution in [3.05, 3.63) is 64.8 Å². The molecule has 2 aliphatic carbocycles. The monoisotopic (exact) mass is 223 g/mol. The maximum absolute atomic E-state index is 12.4. The molecule has 3 aliphatic rings. The highest BCUT2D eigenvalue weighted by atomic mass is 16.7. The van der Waals surface area contributed by atoms with E-state index in [1.165, 1.54) is 0 Å². The molecule has 1 atom stereocenters. The zero-order chi connectivity index (χ0) is 11.4. The van der Waals surface area contributed by atoms with E-state index in [4.69, 9.17) is 4.84 Å². The number of carbonyl (C=O) groups excluding carboxylic acids is 1. The standard InChI is InChI=1S/C14H9NO2/c16-13-8-4-1-2-5-9(8)14-12-10(13)6-3-7-11(12)15-17-14/h1-7,11,15H. The third kappa shape index (κ3) is 1.02. The number of hydroxylamine groups is 1. The Hall–Kier alpha value is -2.13. The lowest BCUT2D eigenvalue weighted by Crippen LogP contribution is -2.26. The van der Waals surface area contributed by atoms with Gasteiger partial charge in [0.2, 0.25) is 0 Å². The zero-order valence-corrected chi connectivity index (χ0v) is 8.94. The van der Waals surface area contributed by atoms with Gasteiger partial charge in [-0.1, -0.05) is 42.5 Å². The van der Waals surface area contributed by atoms with Gasteiger partial charge < -0.3 is 4.84 Å². The van der Waals surface area contributed by atoms with Gasteiger partial charge in [-0.25, -0.2) is 0 Å². The summed E-state index contributed by atoms with van der Waals surface area (Å²) in [5.41, 5.74) is 6.25. The quantitative estimate of drug-likeness (QED) is 0.731. The van der Waals surface area contributed by atoms with Gasteiger partial charge in [0.15, 0.2) is 11.5 Å². The van der Waals surface area contributed by atoms with E-state index in [0.717, 1.165) is 28.0 Å². The van der Waals surface area contributed by atoms with Gasteiger partial charge in [-0.15, -0.1) is 5.48 Å². The average molecular weight is 223 g/mol. The molecule has 1 aromatic carbocycles. The Balaban J connectivity index is 2.08. The SMILES string of the molecule is O=C1C2=CC=CC3NOC(=C23)c2ccccc21. The van der Waals surface area contributed by atoms with Crippen LogP contribution in [0.4, 0.5) is 0 Å². The van der Waals surface area contributed by atoms with Crippen molar-refractivity contribution >= 4 is 11.5 Å². The van der Waals surface area contributed by atoms with Crippen LogP contribution in [0.15, 0.2) is 53.6 Å². The molecule has 0 amide bonds. The lowest BCUT2D eigenvalue weighted by Gasteiger charge is -2.20. The van der Waals surface area contributed by atoms with Crippen LogP contribution in [0.3, 0.4) is 0 Å². The fraction of sp³-hybridized carbons (Fsp3) is 0.0714. The molecule has 0 saturated carbocycles. The van der Waals surface area contributed by atoms with Crippen molar-refractivity contribution in [2.75, 3.05) is 0 Å². The molecule has 0 saturated heterocycles. The van der Waals surface area contributed by atoms with Crippen molar-refractivity contribution in [3.63, 3.8) is 0 Å². The highest BCUT2D eigenvalue weighted by molar-refractivity contribution is 6.18. The maximum Gasteiger partial charge on any atom is 0.194 e. The van der Waals surface area contributed by atoms with Gasteiger partial charge in [0.05, 0.1) is 6.04 Å². The second-order valence-corrected chi connectivity index (χ2v) is 4.28. The molecule has 3 heteroatoms. The molecule has 0 aromatic heterocycles. The smallest absolute Gasteiger partial charge is 0.194 e. The molecule has 0 radical (unpaired) electrons. The van der Waals surface area contributed by atoms with E-state index in [-0.39, 0.29) is 11.8 Å². The van der Waals surface area contributed by atoms with Crippen LogP contribution >= 0.6 is 0 Å². The minimum atomic E-state index is 0.00214.